The molecule has 2 aliphatic carbocycles. The smallest absolute Gasteiger partial charge is 0.192 e. The minimum Gasteiger partial charge on any atom is -0.413 e. The summed E-state index contributed by atoms with van der Waals surface area (Å²) in [5.41, 5.74) is 0.0843. The molecule has 0 amide bonds. The topological polar surface area (TPSA) is 44.8 Å². The highest BCUT2D eigenvalue weighted by Gasteiger charge is 2.58. The number of fused-ring (bicyclic) bond motifs is 1. The van der Waals surface area contributed by atoms with Gasteiger partial charge in [0.15, 0.2) is 14.1 Å². The first-order valence-corrected chi connectivity index (χ1v) is 12.7. The molecule has 3 aliphatic rings. The average Bonchev–Trinajstić information content (AvgIpc) is 2.95. The van der Waals surface area contributed by atoms with E-state index in [4.69, 9.17) is 13.9 Å². The van der Waals surface area contributed by atoms with Gasteiger partial charge in [0.25, 0.3) is 0 Å². The molecule has 1 heterocycles. The Hall–Kier alpha value is -0.233. The van der Waals surface area contributed by atoms with Crippen LogP contribution in [0.5, 0.6) is 0 Å². The second-order valence-corrected chi connectivity index (χ2v) is 15.6. The number of carbonyl (C=O) groups is 1. The van der Waals surface area contributed by atoms with E-state index >= 15 is 0 Å². The summed E-state index contributed by atoms with van der Waals surface area (Å²) in [5, 5.41) is 0.167. The van der Waals surface area contributed by atoms with Crippen LogP contribution < -0.4 is 0 Å². The van der Waals surface area contributed by atoms with Crippen molar-refractivity contribution in [3.05, 3.63) is 0 Å². The SMILES string of the molecule is CC1(C)COC2(C[C@@H]3C[C@@H](O[Si](C)(C)C(C)(C)C)[C@H](C=O)[C@@H]3C2)OC1. The Morgan fingerprint density at radius 2 is 1.72 bits per heavy atom. The predicted octanol–water partition coefficient (Wildman–Crippen LogP) is 4.39. The maximum atomic E-state index is 11.9. The minimum absolute atomic E-state index is 0.0133. The van der Waals surface area contributed by atoms with E-state index < -0.39 is 14.1 Å². The molecule has 1 spiro atoms. The van der Waals surface area contributed by atoms with E-state index in [1.165, 1.54) is 0 Å². The summed E-state index contributed by atoms with van der Waals surface area (Å²) in [6.45, 7) is 17.1. The van der Waals surface area contributed by atoms with Crippen LogP contribution in [-0.4, -0.2) is 39.7 Å². The third kappa shape index (κ3) is 3.62. The lowest BCUT2D eigenvalue weighted by atomic mass is 9.91. The molecule has 1 saturated heterocycles. The lowest BCUT2D eigenvalue weighted by Crippen LogP contribution is -2.48. The van der Waals surface area contributed by atoms with Crippen LogP contribution in [0, 0.1) is 23.2 Å². The highest BCUT2D eigenvalue weighted by molar-refractivity contribution is 6.74. The molecule has 1 aliphatic heterocycles. The van der Waals surface area contributed by atoms with Crippen molar-refractivity contribution in [1.29, 1.82) is 0 Å². The number of carbonyl (C=O) groups excluding carboxylic acids is 1. The van der Waals surface area contributed by atoms with Crippen LogP contribution in [0.1, 0.15) is 53.9 Å². The van der Waals surface area contributed by atoms with E-state index in [2.05, 4.69) is 47.7 Å². The van der Waals surface area contributed by atoms with E-state index in [0.29, 0.717) is 11.8 Å². The van der Waals surface area contributed by atoms with Crippen molar-refractivity contribution >= 4 is 14.6 Å². The Morgan fingerprint density at radius 3 is 2.24 bits per heavy atom. The number of hydrogen-bond acceptors (Lipinski definition) is 4. The highest BCUT2D eigenvalue weighted by atomic mass is 28.4. The zero-order chi connectivity index (χ0) is 18.7. The van der Waals surface area contributed by atoms with Crippen molar-refractivity contribution in [2.45, 2.75) is 83.9 Å². The van der Waals surface area contributed by atoms with Crippen molar-refractivity contribution < 1.29 is 18.7 Å². The second kappa shape index (κ2) is 6.15. The lowest BCUT2D eigenvalue weighted by molar-refractivity contribution is -0.298. The van der Waals surface area contributed by atoms with Gasteiger partial charge in [0.1, 0.15) is 6.29 Å². The van der Waals surface area contributed by atoms with Crippen molar-refractivity contribution in [3.63, 3.8) is 0 Å². The van der Waals surface area contributed by atoms with Crippen molar-refractivity contribution in [2.24, 2.45) is 23.2 Å². The summed E-state index contributed by atoms with van der Waals surface area (Å²) in [7, 11) is -1.86. The Morgan fingerprint density at radius 1 is 1.12 bits per heavy atom. The molecule has 0 unspecified atom stereocenters. The first kappa shape index (κ1) is 19.5. The Bertz CT molecular complexity index is 512. The molecule has 0 N–H and O–H groups in total. The maximum absolute atomic E-state index is 11.9. The van der Waals surface area contributed by atoms with Gasteiger partial charge >= 0.3 is 0 Å². The quantitative estimate of drug-likeness (QED) is 0.547. The van der Waals surface area contributed by atoms with E-state index in [1.807, 2.05) is 0 Å². The first-order valence-electron chi connectivity index (χ1n) is 9.79. The second-order valence-electron chi connectivity index (χ2n) is 10.9. The van der Waals surface area contributed by atoms with Gasteiger partial charge < -0.3 is 18.7 Å². The summed E-state index contributed by atoms with van der Waals surface area (Å²) in [5.74, 6) is 0.355. The largest absolute Gasteiger partial charge is 0.413 e. The van der Waals surface area contributed by atoms with Gasteiger partial charge in [-0.25, -0.2) is 0 Å². The molecular weight excluding hydrogens is 332 g/mol. The van der Waals surface area contributed by atoms with E-state index in [-0.39, 0.29) is 22.5 Å². The van der Waals surface area contributed by atoms with Gasteiger partial charge in [-0.15, -0.1) is 0 Å². The summed E-state index contributed by atoms with van der Waals surface area (Å²) < 4.78 is 19.0. The zero-order valence-corrected chi connectivity index (χ0v) is 18.1. The van der Waals surface area contributed by atoms with Crippen molar-refractivity contribution in [2.75, 3.05) is 13.2 Å². The number of aldehydes is 1. The van der Waals surface area contributed by atoms with Gasteiger partial charge in [-0.05, 0) is 36.4 Å². The van der Waals surface area contributed by atoms with Crippen LogP contribution >= 0.6 is 0 Å². The number of rotatable bonds is 3. The number of hydrogen-bond donors (Lipinski definition) is 0. The molecule has 4 nitrogen and oxygen atoms in total. The molecule has 0 aromatic heterocycles. The number of ether oxygens (including phenoxy) is 2. The highest BCUT2D eigenvalue weighted by Crippen LogP contribution is 2.56. The summed E-state index contributed by atoms with van der Waals surface area (Å²) in [4.78, 5) is 11.9. The molecule has 0 radical (unpaired) electrons. The fourth-order valence-corrected chi connectivity index (χ4v) is 5.81. The van der Waals surface area contributed by atoms with Crippen LogP contribution in [-0.2, 0) is 18.7 Å². The van der Waals surface area contributed by atoms with Crippen molar-refractivity contribution in [3.8, 4) is 0 Å². The van der Waals surface area contributed by atoms with Gasteiger partial charge in [0.2, 0.25) is 0 Å². The molecule has 2 saturated carbocycles. The molecule has 3 fully saturated rings. The monoisotopic (exact) mass is 368 g/mol. The maximum Gasteiger partial charge on any atom is 0.192 e. The molecule has 0 aromatic rings. The molecule has 5 heteroatoms. The third-order valence-corrected chi connectivity index (χ3v) is 11.5. The Labute approximate surface area is 154 Å². The molecule has 144 valence electrons. The summed E-state index contributed by atoms with van der Waals surface area (Å²) in [6.07, 6.45) is 3.95. The predicted molar refractivity (Wildman–Crippen MR) is 101 cm³/mol. The van der Waals surface area contributed by atoms with Gasteiger partial charge in [-0.2, -0.15) is 0 Å². The van der Waals surface area contributed by atoms with E-state index in [9.17, 15) is 4.79 Å². The molecule has 3 rings (SSSR count). The minimum atomic E-state index is -1.86. The van der Waals surface area contributed by atoms with E-state index in [0.717, 1.165) is 38.8 Å². The molecule has 4 atom stereocenters. The molecule has 0 bridgehead atoms. The van der Waals surface area contributed by atoms with Crippen LogP contribution in [0.25, 0.3) is 0 Å². The Balaban J connectivity index is 1.69. The van der Waals surface area contributed by atoms with Gasteiger partial charge in [-0.1, -0.05) is 34.6 Å². The summed E-state index contributed by atoms with van der Waals surface area (Å²) >= 11 is 0. The van der Waals surface area contributed by atoms with Crippen LogP contribution in [0.2, 0.25) is 18.1 Å². The van der Waals surface area contributed by atoms with Gasteiger partial charge in [0.05, 0.1) is 19.3 Å². The lowest BCUT2D eigenvalue weighted by Gasteiger charge is -2.43. The van der Waals surface area contributed by atoms with Crippen LogP contribution in [0.4, 0.5) is 0 Å². The van der Waals surface area contributed by atoms with Crippen molar-refractivity contribution in [1.82, 2.24) is 0 Å². The molecule has 0 aromatic carbocycles. The fraction of sp³-hybridized carbons (Fsp3) is 0.950. The third-order valence-electron chi connectivity index (χ3n) is 7.05. The van der Waals surface area contributed by atoms with Crippen LogP contribution in [0.15, 0.2) is 0 Å². The summed E-state index contributed by atoms with van der Waals surface area (Å²) in [6, 6.07) is 0. The standard InChI is InChI=1S/C20H36O4Si/c1-18(2,3)25(6,7)24-17-8-14-9-20(10-15(14)16(17)11-21)22-12-19(4,5)13-23-20/h11,14-17H,8-10,12-13H2,1-7H3/t14-,15+,16+,17+/m0/s1. The average molecular weight is 369 g/mol. The Kier molecular flexibility index (Phi) is 4.80. The van der Waals surface area contributed by atoms with E-state index in [1.54, 1.807) is 0 Å². The first-order chi connectivity index (χ1) is 11.4. The normalized spacial score (nSPS) is 37.2. The zero-order valence-electron chi connectivity index (χ0n) is 17.1. The van der Waals surface area contributed by atoms with Gasteiger partial charge in [0, 0.05) is 24.2 Å². The van der Waals surface area contributed by atoms with Crippen LogP contribution in [0.3, 0.4) is 0 Å². The molecule has 25 heavy (non-hydrogen) atoms. The molecular formula is C20H36O4Si. The fourth-order valence-electron chi connectivity index (χ4n) is 4.44. The van der Waals surface area contributed by atoms with Gasteiger partial charge in [-0.3, -0.25) is 0 Å².